The van der Waals surface area contributed by atoms with Crippen LogP contribution in [0.1, 0.15) is 33.1 Å². The van der Waals surface area contributed by atoms with Gasteiger partial charge in [0.15, 0.2) is 0 Å². The van der Waals surface area contributed by atoms with Crippen LogP contribution in [0.25, 0.3) is 0 Å². The maximum atomic E-state index is 5.85. The van der Waals surface area contributed by atoms with Crippen molar-refractivity contribution in [3.05, 3.63) is 0 Å². The van der Waals surface area contributed by atoms with E-state index in [9.17, 15) is 0 Å². The zero-order valence-corrected chi connectivity index (χ0v) is 8.79. The summed E-state index contributed by atoms with van der Waals surface area (Å²) in [6.45, 7) is 4.36. The van der Waals surface area contributed by atoms with Crippen LogP contribution < -0.4 is 0 Å². The third-order valence-electron chi connectivity index (χ3n) is 2.05. The summed E-state index contributed by atoms with van der Waals surface area (Å²) in [6, 6.07) is 0. The van der Waals surface area contributed by atoms with E-state index >= 15 is 0 Å². The first-order chi connectivity index (χ1) is 5.22. The van der Waals surface area contributed by atoms with E-state index in [-0.39, 0.29) is 0 Å². The van der Waals surface area contributed by atoms with E-state index in [1.165, 1.54) is 25.0 Å². The van der Waals surface area contributed by atoms with Crippen LogP contribution >= 0.6 is 11.8 Å². The molecule has 2 unspecified atom stereocenters. The molecule has 0 saturated carbocycles. The van der Waals surface area contributed by atoms with Gasteiger partial charge in [-0.15, -0.1) is 0 Å². The molecule has 0 heterocycles. The van der Waals surface area contributed by atoms with Crippen LogP contribution in [0.5, 0.6) is 0 Å². The molecule has 0 aromatic carbocycles. The normalized spacial score (nSPS) is 16.3. The Balaban J connectivity index is 3.51. The summed E-state index contributed by atoms with van der Waals surface area (Å²) in [4.78, 5) is 0. The summed E-state index contributed by atoms with van der Waals surface area (Å²) in [5.74, 6) is 2.32. The van der Waals surface area contributed by atoms with Gasteiger partial charge in [-0.05, 0) is 17.9 Å². The molecule has 0 rings (SSSR count). The minimum absolute atomic E-state index is 0.369. The molecule has 2 atom stereocenters. The van der Waals surface area contributed by atoms with Gasteiger partial charge in [0.05, 0.1) is 7.85 Å². The Morgan fingerprint density at radius 2 is 2.09 bits per heavy atom. The lowest BCUT2D eigenvalue weighted by molar-refractivity contribution is 0.500. The zero-order chi connectivity index (χ0) is 8.69. The summed E-state index contributed by atoms with van der Waals surface area (Å²) >= 11 is 1.91. The molecule has 0 nitrogen and oxygen atoms in total. The maximum Gasteiger partial charge on any atom is 0.0699 e. The third-order valence-corrected chi connectivity index (χ3v) is 2.81. The quantitative estimate of drug-likeness (QED) is 0.552. The molecule has 0 spiro atoms. The van der Waals surface area contributed by atoms with Gasteiger partial charge in [-0.25, -0.2) is 0 Å². The summed E-state index contributed by atoms with van der Waals surface area (Å²) in [5.41, 5.74) is 0. The van der Waals surface area contributed by atoms with Gasteiger partial charge in [-0.2, -0.15) is 11.8 Å². The Morgan fingerprint density at radius 1 is 1.45 bits per heavy atom. The second kappa shape index (κ2) is 7.09. The number of thioether (sulfide) groups is 1. The van der Waals surface area contributed by atoms with Gasteiger partial charge in [0.1, 0.15) is 0 Å². The predicted molar refractivity (Wildman–Crippen MR) is 56.6 cm³/mol. The topological polar surface area (TPSA) is 0 Å². The maximum absolute atomic E-state index is 5.85. The fraction of sp³-hybridized carbons (Fsp3) is 1.00. The molecule has 0 N–H and O–H groups in total. The highest BCUT2D eigenvalue weighted by Crippen LogP contribution is 2.23. The van der Waals surface area contributed by atoms with Crippen molar-refractivity contribution in [3.63, 3.8) is 0 Å². The molecule has 11 heavy (non-hydrogen) atoms. The molecule has 64 valence electrons. The van der Waals surface area contributed by atoms with E-state index in [0.29, 0.717) is 5.82 Å². The van der Waals surface area contributed by atoms with E-state index in [4.69, 9.17) is 7.85 Å². The summed E-state index contributed by atoms with van der Waals surface area (Å²) in [5, 5.41) is 0. The van der Waals surface area contributed by atoms with Crippen molar-refractivity contribution >= 4 is 19.6 Å². The minimum atomic E-state index is 0.369. The second-order valence-electron chi connectivity index (χ2n) is 3.22. The lowest BCUT2D eigenvalue weighted by atomic mass is 9.77. The molecule has 0 amide bonds. The lowest BCUT2D eigenvalue weighted by Gasteiger charge is -2.19. The Kier molecular flexibility index (Phi) is 7.35. The zero-order valence-electron chi connectivity index (χ0n) is 7.97. The first kappa shape index (κ1) is 11.4. The fourth-order valence-corrected chi connectivity index (χ4v) is 2.08. The van der Waals surface area contributed by atoms with Crippen molar-refractivity contribution in [1.29, 1.82) is 0 Å². The van der Waals surface area contributed by atoms with Gasteiger partial charge in [0.25, 0.3) is 0 Å². The number of hydrogen-bond donors (Lipinski definition) is 0. The van der Waals surface area contributed by atoms with Gasteiger partial charge in [0, 0.05) is 0 Å². The smallest absolute Gasteiger partial charge is 0.0699 e. The Labute approximate surface area is 76.9 Å². The van der Waals surface area contributed by atoms with Crippen LogP contribution in [-0.4, -0.2) is 19.9 Å². The summed E-state index contributed by atoms with van der Waals surface area (Å²) in [6.07, 6.45) is 6.07. The van der Waals surface area contributed by atoms with Crippen molar-refractivity contribution in [2.24, 2.45) is 5.92 Å². The van der Waals surface area contributed by atoms with Crippen molar-refractivity contribution in [3.8, 4) is 0 Å². The molecule has 2 heteroatoms. The molecule has 0 aromatic rings. The van der Waals surface area contributed by atoms with E-state index < -0.39 is 0 Å². The molecular weight excluding hydrogens is 151 g/mol. The number of rotatable bonds is 6. The first-order valence-electron chi connectivity index (χ1n) is 4.46. The van der Waals surface area contributed by atoms with Crippen LogP contribution in [-0.2, 0) is 0 Å². The van der Waals surface area contributed by atoms with Gasteiger partial charge in [0.2, 0.25) is 0 Å². The van der Waals surface area contributed by atoms with Crippen molar-refractivity contribution in [1.82, 2.24) is 0 Å². The molecule has 0 fully saturated rings. The van der Waals surface area contributed by atoms with E-state index in [0.717, 1.165) is 5.92 Å². The predicted octanol–water partition coefficient (Wildman–Crippen LogP) is 3.13. The van der Waals surface area contributed by atoms with Crippen molar-refractivity contribution in [2.45, 2.75) is 38.9 Å². The molecular formula is C9H19BS. The van der Waals surface area contributed by atoms with Gasteiger partial charge in [-0.1, -0.05) is 38.9 Å². The molecule has 0 aromatic heterocycles. The van der Waals surface area contributed by atoms with Gasteiger partial charge < -0.3 is 0 Å². The molecule has 0 saturated heterocycles. The number of unbranched alkanes of at least 4 members (excludes halogenated alkanes) is 1. The first-order valence-corrected chi connectivity index (χ1v) is 5.86. The largest absolute Gasteiger partial charge is 0.165 e. The highest BCUT2D eigenvalue weighted by Gasteiger charge is 2.10. The van der Waals surface area contributed by atoms with Gasteiger partial charge >= 0.3 is 0 Å². The Bertz CT molecular complexity index is 83.6. The van der Waals surface area contributed by atoms with Crippen molar-refractivity contribution in [2.75, 3.05) is 12.0 Å². The summed E-state index contributed by atoms with van der Waals surface area (Å²) < 4.78 is 0. The van der Waals surface area contributed by atoms with E-state index in [1.807, 2.05) is 11.8 Å². The van der Waals surface area contributed by atoms with Crippen LogP contribution in [0.2, 0.25) is 5.82 Å². The van der Waals surface area contributed by atoms with E-state index in [1.54, 1.807) is 0 Å². The average Bonchev–Trinajstić information content (AvgIpc) is 1.97. The van der Waals surface area contributed by atoms with Crippen LogP contribution in [0.3, 0.4) is 0 Å². The SMILES string of the molecule is [B]C(C)C(CCCC)CSC. The third kappa shape index (κ3) is 5.66. The molecule has 0 bridgehead atoms. The van der Waals surface area contributed by atoms with Gasteiger partial charge in [-0.3, -0.25) is 0 Å². The highest BCUT2D eigenvalue weighted by molar-refractivity contribution is 7.98. The fourth-order valence-electron chi connectivity index (χ4n) is 1.18. The molecule has 0 aliphatic carbocycles. The highest BCUT2D eigenvalue weighted by atomic mass is 32.2. The standard InChI is InChI=1S/C9H19BS/c1-4-5-6-9(7-11-3)8(2)10/h8-9H,4-7H2,1-3H3. The monoisotopic (exact) mass is 170 g/mol. The molecule has 0 aliphatic rings. The van der Waals surface area contributed by atoms with Crippen LogP contribution in [0, 0.1) is 5.92 Å². The van der Waals surface area contributed by atoms with Crippen LogP contribution in [0.4, 0.5) is 0 Å². The molecule has 2 radical (unpaired) electrons. The second-order valence-corrected chi connectivity index (χ2v) is 4.13. The Hall–Kier alpha value is 0.415. The van der Waals surface area contributed by atoms with Crippen LogP contribution in [0.15, 0.2) is 0 Å². The lowest BCUT2D eigenvalue weighted by Crippen LogP contribution is -2.09. The average molecular weight is 170 g/mol. The van der Waals surface area contributed by atoms with E-state index in [2.05, 4.69) is 20.1 Å². The molecule has 0 aliphatic heterocycles. The minimum Gasteiger partial charge on any atom is -0.165 e. The Morgan fingerprint density at radius 3 is 2.45 bits per heavy atom. The summed E-state index contributed by atoms with van der Waals surface area (Å²) in [7, 11) is 5.85. The van der Waals surface area contributed by atoms with Crippen molar-refractivity contribution < 1.29 is 0 Å². The number of hydrogen-bond acceptors (Lipinski definition) is 1.